The van der Waals surface area contributed by atoms with E-state index in [-0.39, 0.29) is 0 Å². The van der Waals surface area contributed by atoms with Gasteiger partial charge in [-0.25, -0.2) is 9.97 Å². The van der Waals surface area contributed by atoms with Crippen LogP contribution in [0, 0.1) is 6.92 Å². The van der Waals surface area contributed by atoms with Crippen LogP contribution in [-0.4, -0.2) is 28.5 Å². The number of aryl methyl sites for hydroxylation is 1. The Bertz CT molecular complexity index is 482. The van der Waals surface area contributed by atoms with Crippen molar-refractivity contribution in [2.24, 2.45) is 0 Å². The van der Waals surface area contributed by atoms with Crippen LogP contribution in [0.1, 0.15) is 10.7 Å². The predicted octanol–water partition coefficient (Wildman–Crippen LogP) is 1.94. The number of thiazole rings is 1. The first-order valence-electron chi connectivity index (χ1n) is 5.42. The van der Waals surface area contributed by atoms with E-state index >= 15 is 0 Å². The maximum atomic E-state index is 4.41. The lowest BCUT2D eigenvalue weighted by Crippen LogP contribution is -2.07. The van der Waals surface area contributed by atoms with Crippen molar-refractivity contribution in [3.05, 3.63) is 28.5 Å². The third kappa shape index (κ3) is 3.39. The largest absolute Gasteiger partial charge is 0.372 e. The highest BCUT2D eigenvalue weighted by molar-refractivity contribution is 7.09. The summed E-state index contributed by atoms with van der Waals surface area (Å²) in [4.78, 5) is 12.8. The maximum absolute atomic E-state index is 4.41. The van der Waals surface area contributed by atoms with Crippen LogP contribution in [-0.2, 0) is 6.42 Å². The minimum atomic E-state index is 0.764. The zero-order chi connectivity index (χ0) is 12.1. The standard InChI is InChI=1S/C11H15N5S/c1-8-7-17-11(15-8)3-4-14-10-6-13-5-9(12-2)16-10/h5-7H,3-4H2,1-2H3,(H2,12,14,16). The van der Waals surface area contributed by atoms with Crippen LogP contribution in [0.4, 0.5) is 11.6 Å². The second kappa shape index (κ2) is 5.58. The van der Waals surface area contributed by atoms with E-state index < -0.39 is 0 Å². The average Bonchev–Trinajstić information content (AvgIpc) is 2.75. The van der Waals surface area contributed by atoms with E-state index in [0.717, 1.165) is 35.3 Å². The zero-order valence-corrected chi connectivity index (χ0v) is 10.7. The number of nitrogens with one attached hydrogen (secondary N) is 2. The molecule has 0 bridgehead atoms. The number of hydrogen-bond acceptors (Lipinski definition) is 6. The number of nitrogens with zero attached hydrogens (tertiary/aromatic N) is 3. The molecule has 0 aromatic carbocycles. The lowest BCUT2D eigenvalue weighted by Gasteiger charge is -2.05. The monoisotopic (exact) mass is 249 g/mol. The molecule has 17 heavy (non-hydrogen) atoms. The Morgan fingerprint density at radius 1 is 1.24 bits per heavy atom. The lowest BCUT2D eigenvalue weighted by atomic mass is 10.4. The van der Waals surface area contributed by atoms with Gasteiger partial charge in [-0.3, -0.25) is 4.98 Å². The highest BCUT2D eigenvalue weighted by Gasteiger charge is 2.00. The van der Waals surface area contributed by atoms with E-state index in [1.807, 2.05) is 14.0 Å². The molecule has 0 fully saturated rings. The molecule has 0 aliphatic carbocycles. The van der Waals surface area contributed by atoms with Crippen molar-refractivity contribution < 1.29 is 0 Å². The molecular formula is C11H15N5S. The second-order valence-corrected chi connectivity index (χ2v) is 4.54. The molecule has 2 aromatic heterocycles. The molecule has 2 rings (SSSR count). The maximum Gasteiger partial charge on any atom is 0.146 e. The molecule has 90 valence electrons. The van der Waals surface area contributed by atoms with Crippen molar-refractivity contribution in [2.75, 3.05) is 24.2 Å². The Balaban J connectivity index is 1.85. The van der Waals surface area contributed by atoms with E-state index in [2.05, 4.69) is 31.0 Å². The van der Waals surface area contributed by atoms with Crippen LogP contribution in [0.3, 0.4) is 0 Å². The molecule has 0 saturated heterocycles. The Hall–Kier alpha value is -1.69. The minimum Gasteiger partial charge on any atom is -0.372 e. The minimum absolute atomic E-state index is 0.764. The molecule has 0 radical (unpaired) electrons. The molecule has 0 saturated carbocycles. The number of anilines is 2. The first-order chi connectivity index (χ1) is 8.28. The Kier molecular flexibility index (Phi) is 3.87. The molecule has 0 aliphatic heterocycles. The molecule has 2 heterocycles. The normalized spacial score (nSPS) is 10.2. The van der Waals surface area contributed by atoms with Gasteiger partial charge in [0, 0.05) is 31.1 Å². The smallest absolute Gasteiger partial charge is 0.146 e. The van der Waals surface area contributed by atoms with Crippen molar-refractivity contribution >= 4 is 23.0 Å². The summed E-state index contributed by atoms with van der Waals surface area (Å²) in [5.74, 6) is 1.55. The molecule has 0 spiro atoms. The van der Waals surface area contributed by atoms with Gasteiger partial charge in [0.2, 0.25) is 0 Å². The molecule has 2 aromatic rings. The summed E-state index contributed by atoms with van der Waals surface area (Å²) in [6, 6.07) is 0. The van der Waals surface area contributed by atoms with Crippen molar-refractivity contribution in [3.8, 4) is 0 Å². The first-order valence-corrected chi connectivity index (χ1v) is 6.30. The van der Waals surface area contributed by atoms with Crippen LogP contribution in [0.25, 0.3) is 0 Å². The van der Waals surface area contributed by atoms with Crippen molar-refractivity contribution in [1.82, 2.24) is 15.0 Å². The topological polar surface area (TPSA) is 62.7 Å². The number of hydrogen-bond donors (Lipinski definition) is 2. The zero-order valence-electron chi connectivity index (χ0n) is 9.90. The third-order valence-corrected chi connectivity index (χ3v) is 3.23. The van der Waals surface area contributed by atoms with E-state index in [1.165, 1.54) is 0 Å². The Morgan fingerprint density at radius 2 is 2.06 bits per heavy atom. The Morgan fingerprint density at radius 3 is 2.76 bits per heavy atom. The average molecular weight is 249 g/mol. The summed E-state index contributed by atoms with van der Waals surface area (Å²) < 4.78 is 0. The van der Waals surface area contributed by atoms with Gasteiger partial charge in [-0.2, -0.15) is 0 Å². The Labute approximate surface area is 104 Å². The molecule has 0 unspecified atom stereocenters. The number of rotatable bonds is 5. The van der Waals surface area contributed by atoms with Crippen LogP contribution in [0.2, 0.25) is 0 Å². The van der Waals surface area contributed by atoms with Gasteiger partial charge in [0.25, 0.3) is 0 Å². The molecule has 2 N–H and O–H groups in total. The summed E-state index contributed by atoms with van der Waals surface area (Å²) in [6.45, 7) is 2.82. The van der Waals surface area contributed by atoms with E-state index in [9.17, 15) is 0 Å². The highest BCUT2D eigenvalue weighted by Crippen LogP contribution is 2.10. The molecule has 0 aliphatic rings. The fraction of sp³-hybridized carbons (Fsp3) is 0.364. The molecule has 0 amide bonds. The van der Waals surface area contributed by atoms with Crippen molar-refractivity contribution in [3.63, 3.8) is 0 Å². The van der Waals surface area contributed by atoms with E-state index in [0.29, 0.717) is 0 Å². The quantitative estimate of drug-likeness (QED) is 0.848. The fourth-order valence-electron chi connectivity index (χ4n) is 1.39. The summed E-state index contributed by atoms with van der Waals surface area (Å²) >= 11 is 1.69. The van der Waals surface area contributed by atoms with Crippen molar-refractivity contribution in [2.45, 2.75) is 13.3 Å². The second-order valence-electron chi connectivity index (χ2n) is 3.60. The van der Waals surface area contributed by atoms with Crippen LogP contribution < -0.4 is 10.6 Å². The molecule has 0 atom stereocenters. The van der Waals surface area contributed by atoms with Crippen LogP contribution in [0.15, 0.2) is 17.8 Å². The lowest BCUT2D eigenvalue weighted by molar-refractivity contribution is 0.974. The van der Waals surface area contributed by atoms with Gasteiger partial charge in [-0.1, -0.05) is 0 Å². The molecular weight excluding hydrogens is 234 g/mol. The third-order valence-electron chi connectivity index (χ3n) is 2.20. The van der Waals surface area contributed by atoms with E-state index in [4.69, 9.17) is 0 Å². The van der Waals surface area contributed by atoms with Gasteiger partial charge in [0.15, 0.2) is 0 Å². The van der Waals surface area contributed by atoms with Gasteiger partial charge in [0.1, 0.15) is 11.6 Å². The van der Waals surface area contributed by atoms with Crippen molar-refractivity contribution in [1.29, 1.82) is 0 Å². The summed E-state index contributed by atoms with van der Waals surface area (Å²) in [5.41, 5.74) is 1.09. The number of aromatic nitrogens is 3. The van der Waals surface area contributed by atoms with Gasteiger partial charge < -0.3 is 10.6 Å². The van der Waals surface area contributed by atoms with Gasteiger partial charge in [-0.15, -0.1) is 11.3 Å². The van der Waals surface area contributed by atoms with Gasteiger partial charge in [-0.05, 0) is 6.92 Å². The fourth-order valence-corrected chi connectivity index (χ4v) is 2.16. The van der Waals surface area contributed by atoms with Gasteiger partial charge in [0.05, 0.1) is 17.4 Å². The summed E-state index contributed by atoms with van der Waals surface area (Å²) in [5, 5.41) is 9.40. The van der Waals surface area contributed by atoms with Crippen LogP contribution >= 0.6 is 11.3 Å². The molecule has 5 nitrogen and oxygen atoms in total. The SMILES string of the molecule is CNc1cncc(NCCc2nc(C)cs2)n1. The summed E-state index contributed by atoms with van der Waals surface area (Å²) in [6.07, 6.45) is 4.31. The highest BCUT2D eigenvalue weighted by atomic mass is 32.1. The first kappa shape index (κ1) is 11.8. The molecule has 6 heteroatoms. The van der Waals surface area contributed by atoms with Crippen LogP contribution in [0.5, 0.6) is 0 Å². The summed E-state index contributed by atoms with van der Waals surface area (Å²) in [7, 11) is 1.83. The predicted molar refractivity (Wildman–Crippen MR) is 70.6 cm³/mol. The van der Waals surface area contributed by atoms with Gasteiger partial charge >= 0.3 is 0 Å². The van der Waals surface area contributed by atoms with E-state index in [1.54, 1.807) is 23.7 Å².